The van der Waals surface area contributed by atoms with Crippen LogP contribution in [0.2, 0.25) is 5.02 Å². The standard InChI is InChI=1S/C20H23ClN4O2S/c1-14-13-22-19(25-3-2-8-28-25)12-18(14)20(26)23-16-9-15(21)10-17(11-16)24-4-6-27-7-5-24/h9-13H,2-8H2,1H3,(H,23,26). The molecule has 3 heterocycles. The van der Waals surface area contributed by atoms with Gasteiger partial charge in [0.1, 0.15) is 5.82 Å². The van der Waals surface area contributed by atoms with Gasteiger partial charge in [-0.15, -0.1) is 0 Å². The topological polar surface area (TPSA) is 57.7 Å². The number of anilines is 3. The van der Waals surface area contributed by atoms with Gasteiger partial charge in [-0.2, -0.15) is 0 Å². The van der Waals surface area contributed by atoms with E-state index in [1.54, 1.807) is 24.2 Å². The number of rotatable bonds is 4. The van der Waals surface area contributed by atoms with Crippen LogP contribution in [0.1, 0.15) is 22.3 Å². The van der Waals surface area contributed by atoms with Crippen LogP contribution in [0.4, 0.5) is 17.2 Å². The quantitative estimate of drug-likeness (QED) is 0.757. The van der Waals surface area contributed by atoms with Gasteiger partial charge in [-0.1, -0.05) is 11.6 Å². The Morgan fingerprint density at radius 3 is 2.79 bits per heavy atom. The first-order valence-electron chi connectivity index (χ1n) is 9.42. The molecule has 0 unspecified atom stereocenters. The smallest absolute Gasteiger partial charge is 0.256 e. The van der Waals surface area contributed by atoms with E-state index in [9.17, 15) is 4.79 Å². The molecule has 148 valence electrons. The third-order valence-corrected chi connectivity index (χ3v) is 6.23. The molecule has 0 aliphatic carbocycles. The van der Waals surface area contributed by atoms with E-state index in [-0.39, 0.29) is 5.91 Å². The van der Waals surface area contributed by atoms with Crippen molar-refractivity contribution in [3.63, 3.8) is 0 Å². The van der Waals surface area contributed by atoms with Crippen LogP contribution >= 0.6 is 23.5 Å². The van der Waals surface area contributed by atoms with Gasteiger partial charge in [-0.25, -0.2) is 4.98 Å². The van der Waals surface area contributed by atoms with Gasteiger partial charge in [0, 0.05) is 53.5 Å². The van der Waals surface area contributed by atoms with Gasteiger partial charge in [-0.3, -0.25) is 4.79 Å². The lowest BCUT2D eigenvalue weighted by Crippen LogP contribution is -2.36. The van der Waals surface area contributed by atoms with Crippen molar-refractivity contribution in [3.05, 3.63) is 46.6 Å². The summed E-state index contributed by atoms with van der Waals surface area (Å²) in [5.74, 6) is 1.77. The van der Waals surface area contributed by atoms with Gasteiger partial charge < -0.3 is 19.3 Å². The molecule has 0 radical (unpaired) electrons. The molecule has 28 heavy (non-hydrogen) atoms. The van der Waals surface area contributed by atoms with Crippen LogP contribution in [0.3, 0.4) is 0 Å². The van der Waals surface area contributed by atoms with E-state index >= 15 is 0 Å². The number of hydrogen-bond donors (Lipinski definition) is 1. The van der Waals surface area contributed by atoms with E-state index in [2.05, 4.69) is 19.5 Å². The highest BCUT2D eigenvalue weighted by Crippen LogP contribution is 2.29. The molecule has 0 atom stereocenters. The second kappa shape index (κ2) is 8.59. The summed E-state index contributed by atoms with van der Waals surface area (Å²) in [6.45, 7) is 5.88. The van der Waals surface area contributed by atoms with Crippen molar-refractivity contribution < 1.29 is 9.53 Å². The fourth-order valence-corrected chi connectivity index (χ4v) is 4.57. The number of ether oxygens (including phenoxy) is 1. The number of pyridine rings is 1. The Kier molecular flexibility index (Phi) is 5.94. The van der Waals surface area contributed by atoms with Crippen molar-refractivity contribution in [1.29, 1.82) is 0 Å². The summed E-state index contributed by atoms with van der Waals surface area (Å²) in [6, 6.07) is 7.53. The highest BCUT2D eigenvalue weighted by atomic mass is 35.5. The molecule has 0 bridgehead atoms. The second-order valence-corrected chi connectivity index (χ2v) is 8.44. The van der Waals surface area contributed by atoms with Crippen LogP contribution in [0.25, 0.3) is 0 Å². The molecular formula is C20H23ClN4O2S. The Labute approximate surface area is 174 Å². The van der Waals surface area contributed by atoms with E-state index < -0.39 is 0 Å². The number of nitrogens with one attached hydrogen (secondary N) is 1. The van der Waals surface area contributed by atoms with Gasteiger partial charge in [0.25, 0.3) is 5.91 Å². The molecule has 1 aromatic carbocycles. The summed E-state index contributed by atoms with van der Waals surface area (Å²) in [5, 5.41) is 3.60. The van der Waals surface area contributed by atoms with Gasteiger partial charge in [0.2, 0.25) is 0 Å². The van der Waals surface area contributed by atoms with Crippen LogP contribution in [-0.4, -0.2) is 49.5 Å². The summed E-state index contributed by atoms with van der Waals surface area (Å²) in [7, 11) is 0. The zero-order valence-corrected chi connectivity index (χ0v) is 17.4. The maximum atomic E-state index is 13.0. The maximum Gasteiger partial charge on any atom is 0.256 e. The third kappa shape index (κ3) is 4.37. The molecule has 0 saturated carbocycles. The first-order valence-corrected chi connectivity index (χ1v) is 10.7. The Balaban J connectivity index is 1.55. The number of hydrogen-bond acceptors (Lipinski definition) is 6. The molecule has 2 aliphatic heterocycles. The van der Waals surface area contributed by atoms with Crippen molar-refractivity contribution in [3.8, 4) is 0 Å². The zero-order valence-electron chi connectivity index (χ0n) is 15.8. The van der Waals surface area contributed by atoms with E-state index in [1.165, 1.54) is 0 Å². The average molecular weight is 419 g/mol. The van der Waals surface area contributed by atoms with Crippen LogP contribution < -0.4 is 14.5 Å². The summed E-state index contributed by atoms with van der Waals surface area (Å²) in [4.78, 5) is 19.7. The Hall–Kier alpha value is -1.96. The van der Waals surface area contributed by atoms with Gasteiger partial charge in [0.05, 0.1) is 13.2 Å². The molecule has 4 rings (SSSR count). The fraction of sp³-hybridized carbons (Fsp3) is 0.400. The molecule has 8 heteroatoms. The predicted molar refractivity (Wildman–Crippen MR) is 116 cm³/mol. The molecule has 1 amide bonds. The second-order valence-electron chi connectivity index (χ2n) is 6.90. The van der Waals surface area contributed by atoms with Gasteiger partial charge in [-0.05, 0) is 55.1 Å². The molecular weight excluding hydrogens is 396 g/mol. The number of amides is 1. The monoisotopic (exact) mass is 418 g/mol. The lowest BCUT2D eigenvalue weighted by Gasteiger charge is -2.29. The Morgan fingerprint density at radius 1 is 1.21 bits per heavy atom. The highest BCUT2D eigenvalue weighted by Gasteiger charge is 2.19. The average Bonchev–Trinajstić information content (AvgIpc) is 3.23. The van der Waals surface area contributed by atoms with Gasteiger partial charge in [0.15, 0.2) is 0 Å². The number of aromatic nitrogens is 1. The Bertz CT molecular complexity index is 867. The summed E-state index contributed by atoms with van der Waals surface area (Å²) in [5.41, 5.74) is 3.16. The lowest BCUT2D eigenvalue weighted by molar-refractivity contribution is 0.102. The Morgan fingerprint density at radius 2 is 2.04 bits per heavy atom. The number of carbonyl (C=O) groups excluding carboxylic acids is 1. The van der Waals surface area contributed by atoms with Crippen molar-refractivity contribution >= 4 is 46.6 Å². The minimum Gasteiger partial charge on any atom is -0.378 e. The number of carbonyl (C=O) groups is 1. The fourth-order valence-electron chi connectivity index (χ4n) is 3.37. The number of benzene rings is 1. The predicted octanol–water partition coefficient (Wildman–Crippen LogP) is 3.99. The van der Waals surface area contributed by atoms with Crippen molar-refractivity contribution in [2.75, 3.05) is 53.1 Å². The van der Waals surface area contributed by atoms with Crippen LogP contribution in [-0.2, 0) is 4.74 Å². The molecule has 6 nitrogen and oxygen atoms in total. The van der Waals surface area contributed by atoms with Crippen LogP contribution in [0.15, 0.2) is 30.5 Å². The summed E-state index contributed by atoms with van der Waals surface area (Å²) < 4.78 is 7.56. The largest absolute Gasteiger partial charge is 0.378 e. The third-order valence-electron chi connectivity index (χ3n) is 4.86. The molecule has 1 N–H and O–H groups in total. The molecule has 2 saturated heterocycles. The maximum absolute atomic E-state index is 13.0. The number of halogens is 1. The number of morpholine rings is 1. The van der Waals surface area contributed by atoms with Crippen molar-refractivity contribution in [2.24, 2.45) is 0 Å². The highest BCUT2D eigenvalue weighted by molar-refractivity contribution is 8.00. The SMILES string of the molecule is Cc1cnc(N2CCCS2)cc1C(=O)Nc1cc(Cl)cc(N2CCOCC2)c1. The van der Waals surface area contributed by atoms with Crippen LogP contribution in [0, 0.1) is 6.92 Å². The van der Waals surface area contributed by atoms with E-state index in [4.69, 9.17) is 16.3 Å². The van der Waals surface area contributed by atoms with Crippen molar-refractivity contribution in [1.82, 2.24) is 4.98 Å². The number of aryl methyl sites for hydroxylation is 1. The van der Waals surface area contributed by atoms with Crippen molar-refractivity contribution in [2.45, 2.75) is 13.3 Å². The zero-order chi connectivity index (χ0) is 19.5. The summed E-state index contributed by atoms with van der Waals surface area (Å²) in [6.07, 6.45) is 2.90. The molecule has 0 spiro atoms. The minimum atomic E-state index is -0.152. The summed E-state index contributed by atoms with van der Waals surface area (Å²) >= 11 is 8.06. The first-order chi connectivity index (χ1) is 13.6. The van der Waals surface area contributed by atoms with E-state index in [1.807, 2.05) is 25.1 Å². The van der Waals surface area contributed by atoms with Gasteiger partial charge >= 0.3 is 0 Å². The lowest BCUT2D eigenvalue weighted by atomic mass is 10.1. The molecule has 1 aromatic heterocycles. The van der Waals surface area contributed by atoms with E-state index in [0.29, 0.717) is 29.5 Å². The molecule has 2 aromatic rings. The van der Waals surface area contributed by atoms with Crippen LogP contribution in [0.5, 0.6) is 0 Å². The molecule has 2 aliphatic rings. The first kappa shape index (κ1) is 19.4. The van der Waals surface area contributed by atoms with E-state index in [0.717, 1.165) is 48.9 Å². The normalized spacial score (nSPS) is 17.1. The minimum absolute atomic E-state index is 0.152. The number of nitrogens with zero attached hydrogens (tertiary/aromatic N) is 3. The molecule has 2 fully saturated rings.